The molecule has 7 rings (SSSR count). The molecule has 0 saturated carbocycles. The topological polar surface area (TPSA) is 37.4 Å². The van der Waals surface area contributed by atoms with Gasteiger partial charge in [0.05, 0.1) is 22.5 Å². The maximum absolute atomic E-state index is 13.8. The first-order valence-electron chi connectivity index (χ1n) is 9.96. The average Bonchev–Trinajstić information content (AvgIpc) is 3.02. The molecule has 0 unspecified atom stereocenters. The number of carbonyl (C=O) groups excluding carboxylic acids is 2. The van der Waals surface area contributed by atoms with Crippen molar-refractivity contribution in [1.82, 2.24) is 0 Å². The fourth-order valence-electron chi connectivity index (χ4n) is 6.05. The quantitative estimate of drug-likeness (QED) is 0.470. The van der Waals surface area contributed by atoms with Crippen LogP contribution in [0.25, 0.3) is 0 Å². The van der Waals surface area contributed by atoms with E-state index < -0.39 is 17.3 Å². The number of nitrogens with zero attached hydrogens (tertiary/aromatic N) is 1. The largest absolute Gasteiger partial charge is 0.274 e. The molecule has 2 amide bonds. The summed E-state index contributed by atoms with van der Waals surface area (Å²) >= 11 is 12.6. The number of benzene rings is 3. The van der Waals surface area contributed by atoms with Crippen molar-refractivity contribution in [3.63, 3.8) is 0 Å². The highest BCUT2D eigenvalue weighted by Gasteiger charge is 2.66. The van der Waals surface area contributed by atoms with Crippen molar-refractivity contribution >= 4 is 40.7 Å². The van der Waals surface area contributed by atoms with Crippen molar-refractivity contribution in [1.29, 1.82) is 0 Å². The molecule has 1 fully saturated rings. The Bertz CT molecular complexity index is 1220. The zero-order valence-corrected chi connectivity index (χ0v) is 17.6. The molecule has 2 atom stereocenters. The highest BCUT2D eigenvalue weighted by atomic mass is 35.5. The molecule has 5 heteroatoms. The van der Waals surface area contributed by atoms with Crippen LogP contribution in [-0.4, -0.2) is 11.8 Å². The summed E-state index contributed by atoms with van der Waals surface area (Å²) in [5.74, 6) is -1.49. The lowest BCUT2D eigenvalue weighted by molar-refractivity contribution is -0.123. The number of hydrogen-bond donors (Lipinski definition) is 0. The fraction of sp³-hybridized carbons (Fsp3) is 0.200. The fourth-order valence-corrected chi connectivity index (χ4v) is 6.41. The molecule has 1 heterocycles. The standard InChI is InChI=1S/C25H17Cl2NO2/c1-25-16-8-4-2-6-14(16)20(15-7-3-5-9-17(15)25)21-22(25)24(30)28(23(21)29)19-12-13(26)10-11-18(19)27/h2-12,20-22H,1H3/t20?,21-,22-,25?/m1/s1. The number of rotatable bonds is 1. The minimum atomic E-state index is -0.584. The van der Waals surface area contributed by atoms with Gasteiger partial charge in [-0.25, -0.2) is 4.90 Å². The maximum atomic E-state index is 13.8. The number of carbonyl (C=O) groups is 2. The van der Waals surface area contributed by atoms with Gasteiger partial charge in [-0.1, -0.05) is 78.7 Å². The van der Waals surface area contributed by atoms with Crippen LogP contribution in [0.15, 0.2) is 66.7 Å². The lowest BCUT2D eigenvalue weighted by atomic mass is 9.48. The molecule has 30 heavy (non-hydrogen) atoms. The van der Waals surface area contributed by atoms with Gasteiger partial charge in [0.15, 0.2) is 0 Å². The highest BCUT2D eigenvalue weighted by molar-refractivity contribution is 6.38. The van der Waals surface area contributed by atoms with Gasteiger partial charge >= 0.3 is 0 Å². The van der Waals surface area contributed by atoms with Crippen molar-refractivity contribution in [2.75, 3.05) is 4.90 Å². The van der Waals surface area contributed by atoms with E-state index in [2.05, 4.69) is 31.2 Å². The molecule has 0 spiro atoms. The van der Waals surface area contributed by atoms with E-state index in [-0.39, 0.29) is 17.7 Å². The number of imide groups is 1. The molecule has 3 aromatic rings. The van der Waals surface area contributed by atoms with Gasteiger partial charge in [0.25, 0.3) is 0 Å². The monoisotopic (exact) mass is 433 g/mol. The maximum Gasteiger partial charge on any atom is 0.239 e. The second-order valence-electron chi connectivity index (χ2n) is 8.47. The predicted molar refractivity (Wildman–Crippen MR) is 117 cm³/mol. The van der Waals surface area contributed by atoms with Gasteiger partial charge in [0, 0.05) is 16.4 Å². The normalized spacial score (nSPS) is 28.4. The van der Waals surface area contributed by atoms with Gasteiger partial charge in [0.2, 0.25) is 11.8 Å². The van der Waals surface area contributed by atoms with E-state index in [9.17, 15) is 9.59 Å². The third-order valence-corrected chi connectivity index (χ3v) is 7.75. The first-order chi connectivity index (χ1) is 14.4. The molecule has 4 aliphatic rings. The summed E-state index contributed by atoms with van der Waals surface area (Å²) < 4.78 is 0. The van der Waals surface area contributed by atoms with Crippen LogP contribution in [0.3, 0.4) is 0 Å². The molecule has 0 N–H and O–H groups in total. The molecular weight excluding hydrogens is 417 g/mol. The van der Waals surface area contributed by atoms with Crippen LogP contribution in [0.4, 0.5) is 5.69 Å². The molecule has 3 nitrogen and oxygen atoms in total. The number of hydrogen-bond acceptors (Lipinski definition) is 2. The smallest absolute Gasteiger partial charge is 0.239 e. The molecule has 0 radical (unpaired) electrons. The van der Waals surface area contributed by atoms with Gasteiger partial charge < -0.3 is 0 Å². The summed E-state index contributed by atoms with van der Waals surface area (Å²) in [5.41, 5.74) is 4.33. The average molecular weight is 434 g/mol. The minimum absolute atomic E-state index is 0.149. The van der Waals surface area contributed by atoms with Crippen LogP contribution in [0.1, 0.15) is 35.1 Å². The van der Waals surface area contributed by atoms with Crippen LogP contribution in [0.5, 0.6) is 0 Å². The Morgan fingerprint density at radius 1 is 0.833 bits per heavy atom. The number of amides is 2. The van der Waals surface area contributed by atoms with E-state index in [0.29, 0.717) is 15.7 Å². The predicted octanol–water partition coefficient (Wildman–Crippen LogP) is 5.56. The minimum Gasteiger partial charge on any atom is -0.274 e. The van der Waals surface area contributed by atoms with E-state index in [1.165, 1.54) is 4.90 Å². The molecule has 1 saturated heterocycles. The van der Waals surface area contributed by atoms with Crippen LogP contribution >= 0.6 is 23.2 Å². The lowest BCUT2D eigenvalue weighted by Gasteiger charge is -2.52. The van der Waals surface area contributed by atoms with Crippen LogP contribution in [0, 0.1) is 11.8 Å². The number of anilines is 1. The Hall–Kier alpha value is -2.62. The van der Waals surface area contributed by atoms with Crippen LogP contribution in [0.2, 0.25) is 10.0 Å². The van der Waals surface area contributed by atoms with Crippen molar-refractivity contribution in [2.24, 2.45) is 11.8 Å². The van der Waals surface area contributed by atoms with Crippen molar-refractivity contribution in [2.45, 2.75) is 18.3 Å². The third-order valence-electron chi connectivity index (χ3n) is 7.19. The van der Waals surface area contributed by atoms with E-state index in [0.717, 1.165) is 22.3 Å². The summed E-state index contributed by atoms with van der Waals surface area (Å²) in [6.07, 6.45) is 0. The van der Waals surface area contributed by atoms with E-state index in [1.807, 2.05) is 24.3 Å². The van der Waals surface area contributed by atoms with E-state index in [4.69, 9.17) is 23.2 Å². The molecule has 0 aromatic heterocycles. The molecule has 148 valence electrons. The Morgan fingerprint density at radius 2 is 1.43 bits per heavy atom. The van der Waals surface area contributed by atoms with E-state index in [1.54, 1.807) is 18.2 Å². The first-order valence-corrected chi connectivity index (χ1v) is 10.7. The molecule has 3 aliphatic carbocycles. The van der Waals surface area contributed by atoms with Crippen LogP contribution < -0.4 is 4.90 Å². The zero-order chi connectivity index (χ0) is 20.8. The highest BCUT2D eigenvalue weighted by Crippen LogP contribution is 2.64. The Morgan fingerprint density at radius 3 is 2.07 bits per heavy atom. The second kappa shape index (κ2) is 5.96. The first kappa shape index (κ1) is 18.2. The van der Waals surface area contributed by atoms with Crippen LogP contribution in [-0.2, 0) is 15.0 Å². The Labute approximate surface area is 184 Å². The molecular formula is C25H17Cl2NO2. The van der Waals surface area contributed by atoms with Gasteiger partial charge in [-0.2, -0.15) is 0 Å². The van der Waals surface area contributed by atoms with Gasteiger partial charge in [-0.3, -0.25) is 9.59 Å². The van der Waals surface area contributed by atoms with Crippen molar-refractivity contribution in [3.8, 4) is 0 Å². The number of halogens is 2. The van der Waals surface area contributed by atoms with Gasteiger partial charge in [-0.15, -0.1) is 0 Å². The summed E-state index contributed by atoms with van der Waals surface area (Å²) in [4.78, 5) is 28.9. The summed E-state index contributed by atoms with van der Waals surface area (Å²) in [7, 11) is 0. The third kappa shape index (κ3) is 2.02. The summed E-state index contributed by atoms with van der Waals surface area (Å²) in [5, 5.41) is 0.776. The van der Waals surface area contributed by atoms with E-state index >= 15 is 0 Å². The Balaban J connectivity index is 1.63. The Kier molecular flexibility index (Phi) is 3.61. The van der Waals surface area contributed by atoms with Gasteiger partial charge in [0.1, 0.15) is 0 Å². The van der Waals surface area contributed by atoms with Gasteiger partial charge in [-0.05, 0) is 40.5 Å². The summed E-state index contributed by atoms with van der Waals surface area (Å²) in [6, 6.07) is 21.3. The summed E-state index contributed by atoms with van der Waals surface area (Å²) in [6.45, 7) is 2.10. The van der Waals surface area contributed by atoms with Crippen molar-refractivity contribution in [3.05, 3.63) is 99.0 Å². The SMILES string of the molecule is CC12c3ccccc3C(c3ccccc31)[C@H]1C(=O)N(c3cc(Cl)ccc3Cl)C(=O)[C@@H]12. The van der Waals surface area contributed by atoms with Crippen molar-refractivity contribution < 1.29 is 9.59 Å². The lowest BCUT2D eigenvalue weighted by Crippen LogP contribution is -2.51. The molecule has 3 aromatic carbocycles. The molecule has 2 bridgehead atoms. The second-order valence-corrected chi connectivity index (χ2v) is 9.31. The zero-order valence-electron chi connectivity index (χ0n) is 16.1. The molecule has 1 aliphatic heterocycles.